The monoisotopic (exact) mass is 454 g/mol. The maximum Gasteiger partial charge on any atom is 0.293 e. The SMILES string of the molecule is N#CC1CCN(Cc2ccc(C#Cc3ccc([C@H](CO)Cc4nc[nH]c(=O)c4O)cc3)cc2)C1. The lowest BCUT2D eigenvalue weighted by Crippen LogP contribution is -2.19. The summed E-state index contributed by atoms with van der Waals surface area (Å²) in [6, 6.07) is 18.1. The third-order valence-electron chi connectivity index (χ3n) is 6.11. The Kier molecular flexibility index (Phi) is 7.39. The maximum absolute atomic E-state index is 11.6. The number of aromatic nitrogens is 2. The first-order chi connectivity index (χ1) is 16.6. The Morgan fingerprint density at radius 1 is 1.12 bits per heavy atom. The Hall–Kier alpha value is -3.91. The van der Waals surface area contributed by atoms with Crippen LogP contribution < -0.4 is 5.56 Å². The van der Waals surface area contributed by atoms with Crippen molar-refractivity contribution in [1.29, 1.82) is 5.26 Å². The van der Waals surface area contributed by atoms with Crippen molar-refractivity contribution in [3.05, 3.63) is 93.2 Å². The van der Waals surface area contributed by atoms with Crippen LogP contribution in [0.15, 0.2) is 59.7 Å². The minimum Gasteiger partial charge on any atom is -0.502 e. The minimum atomic E-state index is -0.593. The fourth-order valence-corrected chi connectivity index (χ4v) is 4.12. The zero-order chi connectivity index (χ0) is 23.9. The van der Waals surface area contributed by atoms with Gasteiger partial charge in [-0.1, -0.05) is 36.1 Å². The molecular weight excluding hydrogens is 428 g/mol. The van der Waals surface area contributed by atoms with Gasteiger partial charge in [-0.2, -0.15) is 5.26 Å². The Labute approximate surface area is 198 Å². The van der Waals surface area contributed by atoms with Crippen LogP contribution in [-0.4, -0.2) is 44.8 Å². The highest BCUT2D eigenvalue weighted by Crippen LogP contribution is 2.23. The molecule has 0 aliphatic carbocycles. The third kappa shape index (κ3) is 5.71. The lowest BCUT2D eigenvalue weighted by atomic mass is 9.94. The number of aliphatic hydroxyl groups excluding tert-OH is 1. The van der Waals surface area contributed by atoms with Gasteiger partial charge in [-0.25, -0.2) is 4.98 Å². The molecule has 0 radical (unpaired) electrons. The molecule has 2 atom stereocenters. The fourth-order valence-electron chi connectivity index (χ4n) is 4.12. The number of hydrogen-bond donors (Lipinski definition) is 3. The predicted molar refractivity (Wildman–Crippen MR) is 128 cm³/mol. The molecule has 34 heavy (non-hydrogen) atoms. The van der Waals surface area contributed by atoms with Crippen LogP contribution in [-0.2, 0) is 13.0 Å². The normalized spacial score (nSPS) is 16.4. The van der Waals surface area contributed by atoms with Crippen molar-refractivity contribution in [3.63, 3.8) is 0 Å². The molecule has 1 aliphatic heterocycles. The summed E-state index contributed by atoms with van der Waals surface area (Å²) in [6.45, 7) is 2.52. The van der Waals surface area contributed by atoms with E-state index >= 15 is 0 Å². The van der Waals surface area contributed by atoms with E-state index in [1.54, 1.807) is 0 Å². The second-order valence-electron chi connectivity index (χ2n) is 8.53. The van der Waals surface area contributed by atoms with Gasteiger partial charge in [0.25, 0.3) is 5.56 Å². The molecule has 1 aromatic heterocycles. The molecule has 0 saturated carbocycles. The summed E-state index contributed by atoms with van der Waals surface area (Å²) in [5.74, 6) is 5.77. The van der Waals surface area contributed by atoms with Crippen molar-refractivity contribution in [1.82, 2.24) is 14.9 Å². The molecule has 3 N–H and O–H groups in total. The molecule has 3 aromatic rings. The number of hydrogen-bond acceptors (Lipinski definition) is 6. The summed E-state index contributed by atoms with van der Waals surface area (Å²) in [4.78, 5) is 20.2. The van der Waals surface area contributed by atoms with Gasteiger partial charge in [0, 0.05) is 36.6 Å². The lowest BCUT2D eigenvalue weighted by molar-refractivity contribution is 0.263. The molecule has 1 unspecified atom stereocenters. The van der Waals surface area contributed by atoms with Crippen LogP contribution in [0.1, 0.15) is 40.3 Å². The van der Waals surface area contributed by atoms with Crippen molar-refractivity contribution in [2.45, 2.75) is 25.3 Å². The molecule has 172 valence electrons. The number of aliphatic hydroxyl groups is 1. The van der Waals surface area contributed by atoms with Crippen LogP contribution in [0.2, 0.25) is 0 Å². The summed E-state index contributed by atoms with van der Waals surface area (Å²) in [5, 5.41) is 28.8. The standard InChI is InChI=1S/C27H26N4O3/c28-14-22-11-12-31(16-22)15-21-5-3-19(4-6-21)1-2-20-7-9-23(10-8-20)24(17-32)13-25-26(33)27(34)30-18-29-25/h3-10,18,22,24,32-33H,11-13,15-17H2,(H,29,30,34)/t22?,24-/m0/s1. The smallest absolute Gasteiger partial charge is 0.293 e. The number of likely N-dealkylation sites (tertiary alicyclic amines) is 1. The second-order valence-corrected chi connectivity index (χ2v) is 8.53. The zero-order valence-corrected chi connectivity index (χ0v) is 18.7. The Bertz CT molecular complexity index is 1280. The number of nitrogens with zero attached hydrogens (tertiary/aromatic N) is 3. The minimum absolute atomic E-state index is 0.139. The molecule has 0 bridgehead atoms. The maximum atomic E-state index is 11.6. The quantitative estimate of drug-likeness (QED) is 0.494. The van der Waals surface area contributed by atoms with E-state index in [1.807, 2.05) is 36.4 Å². The molecule has 1 aliphatic rings. The van der Waals surface area contributed by atoms with E-state index in [1.165, 1.54) is 11.9 Å². The highest BCUT2D eigenvalue weighted by Gasteiger charge is 2.21. The van der Waals surface area contributed by atoms with E-state index in [0.29, 0.717) is 0 Å². The second kappa shape index (κ2) is 10.8. The number of H-pyrrole nitrogens is 1. The molecule has 1 fully saturated rings. The van der Waals surface area contributed by atoms with Gasteiger partial charge in [0.15, 0.2) is 0 Å². The Balaban J connectivity index is 1.38. The Morgan fingerprint density at radius 3 is 2.41 bits per heavy atom. The number of aromatic amines is 1. The van der Waals surface area contributed by atoms with Gasteiger partial charge in [0.2, 0.25) is 5.75 Å². The average Bonchev–Trinajstić information content (AvgIpc) is 3.32. The molecule has 0 spiro atoms. The van der Waals surface area contributed by atoms with Gasteiger partial charge >= 0.3 is 0 Å². The number of nitriles is 1. The van der Waals surface area contributed by atoms with Crippen LogP contribution >= 0.6 is 0 Å². The van der Waals surface area contributed by atoms with Crippen molar-refractivity contribution in [2.24, 2.45) is 5.92 Å². The third-order valence-corrected chi connectivity index (χ3v) is 6.11. The van der Waals surface area contributed by atoms with Gasteiger partial charge in [-0.3, -0.25) is 9.69 Å². The predicted octanol–water partition coefficient (Wildman–Crippen LogP) is 2.54. The summed E-state index contributed by atoms with van der Waals surface area (Å²) in [7, 11) is 0. The molecular formula is C27H26N4O3. The van der Waals surface area contributed by atoms with Crippen LogP contribution in [0.5, 0.6) is 5.75 Å². The first-order valence-corrected chi connectivity index (χ1v) is 11.2. The lowest BCUT2D eigenvalue weighted by Gasteiger charge is -2.14. The number of rotatable bonds is 6. The largest absolute Gasteiger partial charge is 0.502 e. The highest BCUT2D eigenvalue weighted by molar-refractivity contribution is 5.44. The molecule has 2 aromatic carbocycles. The zero-order valence-electron chi connectivity index (χ0n) is 18.7. The van der Waals surface area contributed by atoms with Gasteiger partial charge in [-0.15, -0.1) is 0 Å². The van der Waals surface area contributed by atoms with Crippen LogP contribution in [0.25, 0.3) is 0 Å². The number of benzene rings is 2. The molecule has 1 saturated heterocycles. The number of aromatic hydroxyl groups is 1. The summed E-state index contributed by atoms with van der Waals surface area (Å²) < 4.78 is 0. The van der Waals surface area contributed by atoms with Crippen LogP contribution in [0.3, 0.4) is 0 Å². The van der Waals surface area contributed by atoms with E-state index in [-0.39, 0.29) is 30.6 Å². The summed E-state index contributed by atoms with van der Waals surface area (Å²) in [5.41, 5.74) is 3.52. The van der Waals surface area contributed by atoms with Crippen LogP contribution in [0.4, 0.5) is 0 Å². The van der Waals surface area contributed by atoms with Gasteiger partial charge in [-0.05, 0) is 48.4 Å². The molecule has 4 rings (SSSR count). The van der Waals surface area contributed by atoms with Crippen molar-refractivity contribution in [2.75, 3.05) is 19.7 Å². The van der Waals surface area contributed by atoms with Gasteiger partial charge < -0.3 is 15.2 Å². The van der Waals surface area contributed by atoms with Crippen molar-refractivity contribution in [3.8, 4) is 23.7 Å². The van der Waals surface area contributed by atoms with Crippen molar-refractivity contribution >= 4 is 0 Å². The van der Waals surface area contributed by atoms with Gasteiger partial charge in [0.1, 0.15) is 0 Å². The molecule has 0 amide bonds. The van der Waals surface area contributed by atoms with Crippen molar-refractivity contribution < 1.29 is 10.2 Å². The van der Waals surface area contributed by atoms with Crippen LogP contribution in [0, 0.1) is 29.1 Å². The first-order valence-electron chi connectivity index (χ1n) is 11.2. The topological polar surface area (TPSA) is 113 Å². The molecule has 2 heterocycles. The highest BCUT2D eigenvalue weighted by atomic mass is 16.3. The van der Waals surface area contributed by atoms with E-state index < -0.39 is 11.3 Å². The van der Waals surface area contributed by atoms with E-state index in [2.05, 4.69) is 44.9 Å². The van der Waals surface area contributed by atoms with E-state index in [9.17, 15) is 15.0 Å². The van der Waals surface area contributed by atoms with Gasteiger partial charge in [0.05, 0.1) is 30.6 Å². The molecule has 7 heteroatoms. The fraction of sp³-hybridized carbons (Fsp3) is 0.296. The molecule has 7 nitrogen and oxygen atoms in total. The average molecular weight is 455 g/mol. The first kappa shape index (κ1) is 23.3. The number of nitrogens with one attached hydrogen (secondary N) is 1. The van der Waals surface area contributed by atoms with E-state index in [4.69, 9.17) is 5.26 Å². The van der Waals surface area contributed by atoms with E-state index in [0.717, 1.165) is 42.7 Å². The summed E-state index contributed by atoms with van der Waals surface area (Å²) >= 11 is 0. The summed E-state index contributed by atoms with van der Waals surface area (Å²) in [6.07, 6.45) is 2.44. The Morgan fingerprint density at radius 2 is 1.79 bits per heavy atom.